The molecule has 0 radical (unpaired) electrons. The molecule has 2 aromatic heterocycles. The summed E-state index contributed by atoms with van der Waals surface area (Å²) >= 11 is 0. The van der Waals surface area contributed by atoms with E-state index in [1.165, 1.54) is 0 Å². The van der Waals surface area contributed by atoms with Gasteiger partial charge in [-0.2, -0.15) is 5.10 Å². The molecule has 6 heteroatoms. The number of rotatable bonds is 6. The minimum atomic E-state index is 0.0931. The topological polar surface area (TPSA) is 56.0 Å². The molecule has 0 saturated carbocycles. The van der Waals surface area contributed by atoms with Crippen LogP contribution >= 0.6 is 0 Å². The van der Waals surface area contributed by atoms with Crippen LogP contribution in [0.3, 0.4) is 0 Å². The van der Waals surface area contributed by atoms with Gasteiger partial charge in [0, 0.05) is 50.9 Å². The molecule has 0 saturated heterocycles. The van der Waals surface area contributed by atoms with Gasteiger partial charge in [0.25, 0.3) is 0 Å². The van der Waals surface area contributed by atoms with Crippen molar-refractivity contribution in [3.05, 3.63) is 78.4 Å². The molecule has 0 atom stereocenters. The van der Waals surface area contributed by atoms with Gasteiger partial charge in [-0.1, -0.05) is 30.3 Å². The average molecular weight is 373 g/mol. The molecule has 0 aliphatic heterocycles. The van der Waals surface area contributed by atoms with Gasteiger partial charge in [-0.3, -0.25) is 14.0 Å². The van der Waals surface area contributed by atoms with Crippen LogP contribution < -0.4 is 0 Å². The number of nitrogens with zero attached hydrogens (tertiary/aromatic N) is 5. The zero-order chi connectivity index (χ0) is 19.5. The van der Waals surface area contributed by atoms with Gasteiger partial charge in [-0.15, -0.1) is 0 Å². The first kappa shape index (κ1) is 18.0. The van der Waals surface area contributed by atoms with Gasteiger partial charge in [0.2, 0.25) is 5.91 Å². The number of carbonyl (C=O) groups is 1. The third kappa shape index (κ3) is 3.67. The van der Waals surface area contributed by atoms with Crippen molar-refractivity contribution < 1.29 is 4.79 Å². The molecule has 0 bridgehead atoms. The minimum Gasteiger partial charge on any atom is -0.341 e. The van der Waals surface area contributed by atoms with Gasteiger partial charge in [-0.05, 0) is 24.3 Å². The highest BCUT2D eigenvalue weighted by atomic mass is 16.2. The van der Waals surface area contributed by atoms with Crippen molar-refractivity contribution in [2.24, 2.45) is 7.05 Å². The Morgan fingerprint density at radius 2 is 1.82 bits per heavy atom. The minimum absolute atomic E-state index is 0.0931. The van der Waals surface area contributed by atoms with Crippen LogP contribution in [0.1, 0.15) is 17.8 Å². The van der Waals surface area contributed by atoms with Crippen LogP contribution in [0.4, 0.5) is 0 Å². The van der Waals surface area contributed by atoms with Crippen LogP contribution in [0.5, 0.6) is 0 Å². The average Bonchev–Trinajstić information content (AvgIpc) is 3.29. The van der Waals surface area contributed by atoms with Crippen molar-refractivity contribution in [2.45, 2.75) is 19.4 Å². The molecule has 2 aromatic carbocycles. The van der Waals surface area contributed by atoms with E-state index in [2.05, 4.69) is 27.9 Å². The molecule has 0 fully saturated rings. The summed E-state index contributed by atoms with van der Waals surface area (Å²) in [5.41, 5.74) is 4.08. The fourth-order valence-electron chi connectivity index (χ4n) is 3.43. The molecular formula is C22H23N5O. The number of fused-ring (bicyclic) bond motifs is 1. The highest BCUT2D eigenvalue weighted by Gasteiger charge is 2.15. The molecule has 142 valence electrons. The lowest BCUT2D eigenvalue weighted by molar-refractivity contribution is -0.130. The highest BCUT2D eigenvalue weighted by Crippen LogP contribution is 2.22. The number of imidazole rings is 1. The Kier molecular flexibility index (Phi) is 4.93. The van der Waals surface area contributed by atoms with Gasteiger partial charge >= 0.3 is 0 Å². The van der Waals surface area contributed by atoms with E-state index in [1.54, 1.807) is 15.8 Å². The highest BCUT2D eigenvalue weighted by molar-refractivity contribution is 5.79. The number of hydrogen-bond acceptors (Lipinski definition) is 3. The number of para-hydroxylation sites is 3. The quantitative estimate of drug-likeness (QED) is 0.521. The van der Waals surface area contributed by atoms with E-state index < -0.39 is 0 Å². The van der Waals surface area contributed by atoms with E-state index >= 15 is 0 Å². The molecule has 4 rings (SSSR count). The Morgan fingerprint density at radius 1 is 1.07 bits per heavy atom. The predicted octanol–water partition coefficient (Wildman–Crippen LogP) is 3.35. The first-order valence-electron chi connectivity index (χ1n) is 9.35. The van der Waals surface area contributed by atoms with Gasteiger partial charge in [-0.25, -0.2) is 4.98 Å². The van der Waals surface area contributed by atoms with E-state index in [0.717, 1.165) is 28.1 Å². The summed E-state index contributed by atoms with van der Waals surface area (Å²) < 4.78 is 3.89. The number of benzene rings is 2. The van der Waals surface area contributed by atoms with Gasteiger partial charge < -0.3 is 4.90 Å². The van der Waals surface area contributed by atoms with Crippen LogP contribution in [0, 0.1) is 0 Å². The number of hydrogen-bond donors (Lipinski definition) is 0. The number of aryl methyl sites for hydroxylation is 2. The Balaban J connectivity index is 1.54. The Hall–Kier alpha value is -3.41. The van der Waals surface area contributed by atoms with Gasteiger partial charge in [0.1, 0.15) is 5.82 Å². The second-order valence-corrected chi connectivity index (χ2v) is 6.96. The van der Waals surface area contributed by atoms with Crippen molar-refractivity contribution >= 4 is 16.9 Å². The van der Waals surface area contributed by atoms with Crippen LogP contribution in [-0.4, -0.2) is 37.2 Å². The molecule has 4 aromatic rings. The normalized spacial score (nSPS) is 11.1. The molecule has 0 spiro atoms. The fourth-order valence-corrected chi connectivity index (χ4v) is 3.43. The van der Waals surface area contributed by atoms with Gasteiger partial charge in [0.05, 0.1) is 17.2 Å². The van der Waals surface area contributed by atoms with Gasteiger partial charge in [0.15, 0.2) is 0 Å². The van der Waals surface area contributed by atoms with Crippen LogP contribution in [0.25, 0.3) is 16.7 Å². The Labute approximate surface area is 164 Å². The van der Waals surface area contributed by atoms with E-state index in [9.17, 15) is 4.79 Å². The van der Waals surface area contributed by atoms with Crippen molar-refractivity contribution in [1.82, 2.24) is 24.2 Å². The standard InChI is InChI=1S/C22H23N5O/c1-25(15-17-14-23-26(2)16-17)22(28)13-12-21-24-19-10-6-7-11-20(19)27(21)18-8-4-3-5-9-18/h3-11,14,16H,12-13,15H2,1-2H3. The van der Waals surface area contributed by atoms with Crippen molar-refractivity contribution in [3.63, 3.8) is 0 Å². The lowest BCUT2D eigenvalue weighted by Crippen LogP contribution is -2.26. The second kappa shape index (κ2) is 7.68. The second-order valence-electron chi connectivity index (χ2n) is 6.96. The molecule has 0 unspecified atom stereocenters. The lowest BCUT2D eigenvalue weighted by atomic mass is 10.2. The molecule has 2 heterocycles. The first-order chi connectivity index (χ1) is 13.6. The summed E-state index contributed by atoms with van der Waals surface area (Å²) in [5.74, 6) is 0.992. The smallest absolute Gasteiger partial charge is 0.223 e. The van der Waals surface area contributed by atoms with E-state index in [1.807, 2.05) is 56.7 Å². The third-order valence-electron chi connectivity index (χ3n) is 4.81. The molecular weight excluding hydrogens is 350 g/mol. The SMILES string of the molecule is CN(Cc1cnn(C)c1)C(=O)CCc1nc2ccccc2n1-c1ccccc1. The summed E-state index contributed by atoms with van der Waals surface area (Å²) in [6, 6.07) is 18.2. The molecule has 1 amide bonds. The summed E-state index contributed by atoms with van der Waals surface area (Å²) in [6.07, 6.45) is 4.71. The van der Waals surface area contributed by atoms with Crippen molar-refractivity contribution in [1.29, 1.82) is 0 Å². The van der Waals surface area contributed by atoms with Crippen LogP contribution in [0.15, 0.2) is 67.0 Å². The predicted molar refractivity (Wildman–Crippen MR) is 109 cm³/mol. The lowest BCUT2D eigenvalue weighted by Gasteiger charge is -2.16. The monoisotopic (exact) mass is 373 g/mol. The number of amides is 1. The Bertz CT molecular complexity index is 1100. The third-order valence-corrected chi connectivity index (χ3v) is 4.81. The maximum Gasteiger partial charge on any atom is 0.223 e. The summed E-state index contributed by atoms with van der Waals surface area (Å²) in [5, 5.41) is 4.16. The molecule has 0 aliphatic rings. The summed E-state index contributed by atoms with van der Waals surface area (Å²) in [6.45, 7) is 0.557. The van der Waals surface area contributed by atoms with Crippen LogP contribution in [-0.2, 0) is 24.8 Å². The van der Waals surface area contributed by atoms with Crippen LogP contribution in [0.2, 0.25) is 0 Å². The summed E-state index contributed by atoms with van der Waals surface area (Å²) in [7, 11) is 3.70. The maximum absolute atomic E-state index is 12.7. The zero-order valence-corrected chi connectivity index (χ0v) is 16.1. The molecule has 0 aliphatic carbocycles. The van der Waals surface area contributed by atoms with E-state index in [0.29, 0.717) is 19.4 Å². The fraction of sp³-hybridized carbons (Fsp3) is 0.227. The maximum atomic E-state index is 12.7. The van der Waals surface area contributed by atoms with Crippen molar-refractivity contribution in [2.75, 3.05) is 7.05 Å². The number of carbonyl (C=O) groups excluding carboxylic acids is 1. The first-order valence-corrected chi connectivity index (χ1v) is 9.35. The van der Waals surface area contributed by atoms with Crippen molar-refractivity contribution in [3.8, 4) is 5.69 Å². The molecule has 0 N–H and O–H groups in total. The Morgan fingerprint density at radius 3 is 2.57 bits per heavy atom. The number of aromatic nitrogens is 4. The molecule has 6 nitrogen and oxygen atoms in total. The largest absolute Gasteiger partial charge is 0.341 e. The van der Waals surface area contributed by atoms with E-state index in [-0.39, 0.29) is 5.91 Å². The van der Waals surface area contributed by atoms with E-state index in [4.69, 9.17) is 4.98 Å². The zero-order valence-electron chi connectivity index (χ0n) is 16.1. The molecule has 28 heavy (non-hydrogen) atoms. The summed E-state index contributed by atoms with van der Waals surface area (Å²) in [4.78, 5) is 19.2.